The fourth-order valence-electron chi connectivity index (χ4n) is 2.81. The first-order chi connectivity index (χ1) is 8.82. The first-order valence-corrected chi connectivity index (χ1v) is 6.73. The number of amides is 3. The Morgan fingerprint density at radius 1 is 1.37 bits per heavy atom. The molecule has 106 valence electrons. The van der Waals surface area contributed by atoms with Crippen LogP contribution in [0.3, 0.4) is 0 Å². The minimum atomic E-state index is -0.980. The van der Waals surface area contributed by atoms with Gasteiger partial charge in [-0.2, -0.15) is 0 Å². The van der Waals surface area contributed by atoms with Crippen LogP contribution in [-0.2, 0) is 14.4 Å². The summed E-state index contributed by atoms with van der Waals surface area (Å²) in [7, 11) is 0. The number of carbonyl (C=O) groups is 3. The second-order valence-corrected chi connectivity index (χ2v) is 5.98. The van der Waals surface area contributed by atoms with Crippen LogP contribution < -0.4 is 11.1 Å². The Morgan fingerprint density at radius 2 is 2.05 bits per heavy atom. The first-order valence-electron chi connectivity index (χ1n) is 6.73. The monoisotopic (exact) mass is 267 g/mol. The Morgan fingerprint density at radius 3 is 2.68 bits per heavy atom. The molecule has 1 aliphatic carbocycles. The zero-order valence-electron chi connectivity index (χ0n) is 11.4. The van der Waals surface area contributed by atoms with Crippen LogP contribution >= 0.6 is 0 Å². The molecule has 3 amide bonds. The summed E-state index contributed by atoms with van der Waals surface area (Å²) in [5.74, 6) is -1.12. The Bertz CT molecular complexity index is 419. The summed E-state index contributed by atoms with van der Waals surface area (Å²) in [6, 6.07) is 0.0418. The molecule has 2 fully saturated rings. The van der Waals surface area contributed by atoms with E-state index in [0.29, 0.717) is 6.42 Å². The van der Waals surface area contributed by atoms with Crippen molar-refractivity contribution < 1.29 is 14.4 Å². The van der Waals surface area contributed by atoms with E-state index in [0.717, 1.165) is 19.3 Å². The van der Waals surface area contributed by atoms with E-state index in [1.807, 2.05) is 0 Å². The third-order valence-corrected chi connectivity index (χ3v) is 4.12. The maximum Gasteiger partial charge on any atom is 0.252 e. The Hall–Kier alpha value is -1.43. The lowest BCUT2D eigenvalue weighted by molar-refractivity contribution is -0.158. The van der Waals surface area contributed by atoms with Gasteiger partial charge in [-0.1, -0.05) is 6.42 Å². The molecule has 2 unspecified atom stereocenters. The molecule has 6 heteroatoms. The van der Waals surface area contributed by atoms with Gasteiger partial charge < -0.3 is 10.6 Å². The highest BCUT2D eigenvalue weighted by Gasteiger charge is 2.45. The standard InChI is InChI=1S/C13H21N3O3/c1-13(2)12(19)15-10(17)7-16(13)11(18)8-4-3-5-9(14)6-8/h8-9H,3-7,14H2,1-2H3,(H,15,17,19). The highest BCUT2D eigenvalue weighted by Crippen LogP contribution is 2.28. The van der Waals surface area contributed by atoms with Gasteiger partial charge in [-0.3, -0.25) is 19.7 Å². The van der Waals surface area contributed by atoms with Gasteiger partial charge in [-0.15, -0.1) is 0 Å². The molecule has 2 atom stereocenters. The van der Waals surface area contributed by atoms with E-state index in [2.05, 4.69) is 5.32 Å². The van der Waals surface area contributed by atoms with E-state index < -0.39 is 17.4 Å². The summed E-state index contributed by atoms with van der Waals surface area (Å²) in [6.45, 7) is 3.27. The van der Waals surface area contributed by atoms with E-state index >= 15 is 0 Å². The number of piperazine rings is 1. The van der Waals surface area contributed by atoms with Gasteiger partial charge >= 0.3 is 0 Å². The molecule has 1 aliphatic heterocycles. The van der Waals surface area contributed by atoms with Crippen molar-refractivity contribution >= 4 is 17.7 Å². The number of nitrogens with one attached hydrogen (secondary N) is 1. The van der Waals surface area contributed by atoms with Crippen LogP contribution in [0, 0.1) is 5.92 Å². The lowest BCUT2D eigenvalue weighted by Crippen LogP contribution is -2.66. The van der Waals surface area contributed by atoms with Gasteiger partial charge in [0.25, 0.3) is 5.91 Å². The maximum absolute atomic E-state index is 12.5. The predicted molar refractivity (Wildman–Crippen MR) is 68.9 cm³/mol. The summed E-state index contributed by atoms with van der Waals surface area (Å²) in [5.41, 5.74) is 4.92. The van der Waals surface area contributed by atoms with Gasteiger partial charge in [-0.05, 0) is 33.1 Å². The van der Waals surface area contributed by atoms with E-state index in [9.17, 15) is 14.4 Å². The molecule has 2 aliphatic rings. The smallest absolute Gasteiger partial charge is 0.252 e. The van der Waals surface area contributed by atoms with Crippen molar-refractivity contribution in [3.8, 4) is 0 Å². The van der Waals surface area contributed by atoms with E-state index in [1.54, 1.807) is 13.8 Å². The van der Waals surface area contributed by atoms with Gasteiger partial charge in [0.15, 0.2) is 0 Å². The molecule has 0 aromatic carbocycles. The molecule has 0 bridgehead atoms. The van der Waals surface area contributed by atoms with Crippen molar-refractivity contribution in [3.63, 3.8) is 0 Å². The summed E-state index contributed by atoms with van der Waals surface area (Å²) in [4.78, 5) is 37.3. The molecule has 2 rings (SSSR count). The van der Waals surface area contributed by atoms with Crippen molar-refractivity contribution in [3.05, 3.63) is 0 Å². The predicted octanol–water partition coefficient (Wildman–Crippen LogP) is -0.232. The lowest BCUT2D eigenvalue weighted by Gasteiger charge is -2.42. The number of imide groups is 1. The number of hydrogen-bond acceptors (Lipinski definition) is 4. The highest BCUT2D eigenvalue weighted by atomic mass is 16.2. The molecule has 6 nitrogen and oxygen atoms in total. The molecule has 0 aromatic rings. The van der Waals surface area contributed by atoms with Crippen LogP contribution in [-0.4, -0.2) is 40.7 Å². The molecule has 1 heterocycles. The minimum absolute atomic E-state index is 0.0418. The minimum Gasteiger partial charge on any atom is -0.328 e. The number of nitrogens with two attached hydrogens (primary N) is 1. The number of hydrogen-bond donors (Lipinski definition) is 2. The molecular weight excluding hydrogens is 246 g/mol. The van der Waals surface area contributed by atoms with Gasteiger partial charge in [0, 0.05) is 12.0 Å². The van der Waals surface area contributed by atoms with Crippen LogP contribution in [0.4, 0.5) is 0 Å². The Balaban J connectivity index is 2.16. The van der Waals surface area contributed by atoms with Gasteiger partial charge in [0.05, 0.1) is 0 Å². The van der Waals surface area contributed by atoms with Crippen LogP contribution in [0.2, 0.25) is 0 Å². The lowest BCUT2D eigenvalue weighted by atomic mass is 9.84. The normalized spacial score (nSPS) is 31.0. The zero-order valence-corrected chi connectivity index (χ0v) is 11.4. The van der Waals surface area contributed by atoms with Crippen molar-refractivity contribution in [2.24, 2.45) is 11.7 Å². The third kappa shape index (κ3) is 2.63. The number of rotatable bonds is 1. The van der Waals surface area contributed by atoms with Crippen molar-refractivity contribution in [2.75, 3.05) is 6.54 Å². The molecule has 0 aromatic heterocycles. The molecule has 1 saturated carbocycles. The van der Waals surface area contributed by atoms with E-state index in [-0.39, 0.29) is 24.4 Å². The molecule has 3 N–H and O–H groups in total. The maximum atomic E-state index is 12.5. The average Bonchev–Trinajstić information content (AvgIpc) is 2.33. The summed E-state index contributed by atoms with van der Waals surface area (Å²) in [5, 5.41) is 2.27. The topological polar surface area (TPSA) is 92.5 Å². The fraction of sp³-hybridized carbons (Fsp3) is 0.769. The van der Waals surface area contributed by atoms with Gasteiger partial charge in [0.2, 0.25) is 11.8 Å². The van der Waals surface area contributed by atoms with Crippen LogP contribution in [0.15, 0.2) is 0 Å². The SMILES string of the molecule is CC1(C)C(=O)NC(=O)CN1C(=O)C1CCCC(N)C1. The fourth-order valence-corrected chi connectivity index (χ4v) is 2.81. The first kappa shape index (κ1) is 14.0. The Kier molecular flexibility index (Phi) is 3.62. The molecule has 1 saturated heterocycles. The van der Waals surface area contributed by atoms with Crippen molar-refractivity contribution in [2.45, 2.75) is 51.1 Å². The molecule has 0 spiro atoms. The molecule has 19 heavy (non-hydrogen) atoms. The summed E-state index contributed by atoms with van der Waals surface area (Å²) >= 11 is 0. The van der Waals surface area contributed by atoms with E-state index in [1.165, 1.54) is 4.90 Å². The quantitative estimate of drug-likeness (QED) is 0.642. The summed E-state index contributed by atoms with van der Waals surface area (Å²) < 4.78 is 0. The molecule has 0 radical (unpaired) electrons. The zero-order chi connectivity index (χ0) is 14.2. The molecular formula is C13H21N3O3. The summed E-state index contributed by atoms with van der Waals surface area (Å²) in [6.07, 6.45) is 3.29. The van der Waals surface area contributed by atoms with Crippen molar-refractivity contribution in [1.29, 1.82) is 0 Å². The third-order valence-electron chi connectivity index (χ3n) is 4.12. The second kappa shape index (κ2) is 4.92. The number of nitrogens with zero attached hydrogens (tertiary/aromatic N) is 1. The Labute approximate surface area is 112 Å². The number of carbonyl (C=O) groups excluding carboxylic acids is 3. The largest absolute Gasteiger partial charge is 0.328 e. The van der Waals surface area contributed by atoms with Crippen LogP contribution in [0.5, 0.6) is 0 Å². The second-order valence-electron chi connectivity index (χ2n) is 5.98. The average molecular weight is 267 g/mol. The van der Waals surface area contributed by atoms with Gasteiger partial charge in [-0.25, -0.2) is 0 Å². The van der Waals surface area contributed by atoms with Crippen molar-refractivity contribution in [1.82, 2.24) is 10.2 Å². The van der Waals surface area contributed by atoms with Crippen LogP contribution in [0.1, 0.15) is 39.5 Å². The highest BCUT2D eigenvalue weighted by molar-refractivity contribution is 6.06. The van der Waals surface area contributed by atoms with Crippen LogP contribution in [0.25, 0.3) is 0 Å². The van der Waals surface area contributed by atoms with E-state index in [4.69, 9.17) is 5.73 Å². The van der Waals surface area contributed by atoms with Gasteiger partial charge in [0.1, 0.15) is 12.1 Å².